The van der Waals surface area contributed by atoms with Gasteiger partial charge >= 0.3 is 5.97 Å². The Labute approximate surface area is 148 Å². The van der Waals surface area contributed by atoms with E-state index in [-0.39, 0.29) is 12.4 Å². The van der Waals surface area contributed by atoms with E-state index in [1.165, 1.54) is 0 Å². The van der Waals surface area contributed by atoms with E-state index in [4.69, 9.17) is 16.3 Å². The average Bonchev–Trinajstić information content (AvgIpc) is 3.23. The number of rotatable bonds is 5. The first-order chi connectivity index (χ1) is 12.0. The van der Waals surface area contributed by atoms with E-state index in [0.29, 0.717) is 22.7 Å². The highest BCUT2D eigenvalue weighted by molar-refractivity contribution is 6.31. The maximum atomic E-state index is 11.4. The molecule has 0 amide bonds. The number of phenols is 1. The quantitative estimate of drug-likeness (QED) is 0.439. The van der Waals surface area contributed by atoms with Crippen LogP contribution < -0.4 is 0 Å². The van der Waals surface area contributed by atoms with E-state index in [2.05, 4.69) is 6.58 Å². The molecule has 2 aromatic carbocycles. The van der Waals surface area contributed by atoms with Crippen molar-refractivity contribution in [2.24, 2.45) is 0 Å². The fourth-order valence-electron chi connectivity index (χ4n) is 2.79. The molecule has 0 aliphatic rings. The zero-order valence-corrected chi connectivity index (χ0v) is 14.3. The Morgan fingerprint density at radius 1 is 1.20 bits per heavy atom. The number of hydrogen-bond acceptors (Lipinski definition) is 3. The highest BCUT2D eigenvalue weighted by atomic mass is 35.5. The maximum absolute atomic E-state index is 11.4. The van der Waals surface area contributed by atoms with Crippen molar-refractivity contribution in [2.45, 2.75) is 13.3 Å². The van der Waals surface area contributed by atoms with E-state index < -0.39 is 5.97 Å². The molecule has 2 aromatic heterocycles. The maximum Gasteiger partial charge on any atom is 0.333 e. The largest absolute Gasteiger partial charge is 0.506 e. The normalized spacial score (nSPS) is 11.6. The van der Waals surface area contributed by atoms with Gasteiger partial charge in [-0.25, -0.2) is 4.79 Å². The predicted octanol–water partition coefficient (Wildman–Crippen LogP) is 3.44. The van der Waals surface area contributed by atoms with Crippen molar-refractivity contribution >= 4 is 28.6 Å². The van der Waals surface area contributed by atoms with Gasteiger partial charge in [-0.2, -0.15) is 0 Å². The van der Waals surface area contributed by atoms with Crippen molar-refractivity contribution < 1.29 is 14.6 Å². The second-order valence-corrected chi connectivity index (χ2v) is 6.43. The summed E-state index contributed by atoms with van der Waals surface area (Å²) in [6.07, 6.45) is 0.554. The molecule has 0 fully saturated rings. The van der Waals surface area contributed by atoms with E-state index in [1.54, 1.807) is 13.0 Å². The second-order valence-electron chi connectivity index (χ2n) is 5.99. The molecule has 6 nitrogen and oxygen atoms in total. The minimum atomic E-state index is -0.396. The van der Waals surface area contributed by atoms with Gasteiger partial charge < -0.3 is 9.84 Å². The van der Waals surface area contributed by atoms with Crippen LogP contribution in [0.3, 0.4) is 0 Å². The number of carbonyl (C=O) groups excluding carboxylic acids is 1. The highest BCUT2D eigenvalue weighted by Crippen LogP contribution is 2.32. The lowest BCUT2D eigenvalue weighted by atomic mass is 10.1. The van der Waals surface area contributed by atoms with Gasteiger partial charge in [0.25, 0.3) is 0 Å². The smallest absolute Gasteiger partial charge is 0.333 e. The minimum absolute atomic E-state index is 0.175. The van der Waals surface area contributed by atoms with Crippen molar-refractivity contribution in [3.8, 4) is 11.4 Å². The Morgan fingerprint density at radius 2 is 1.96 bits per heavy atom. The summed E-state index contributed by atoms with van der Waals surface area (Å²) >= 11 is 6.03. The van der Waals surface area contributed by atoms with Crippen molar-refractivity contribution in [3.63, 3.8) is 0 Å². The van der Waals surface area contributed by atoms with Gasteiger partial charge in [0.05, 0.1) is 6.61 Å². The van der Waals surface area contributed by atoms with Crippen molar-refractivity contribution in [2.75, 3.05) is 6.61 Å². The molecule has 0 saturated heterocycles. The second kappa shape index (κ2) is 5.60. The van der Waals surface area contributed by atoms with Crippen molar-refractivity contribution in [1.29, 1.82) is 0 Å². The summed E-state index contributed by atoms with van der Waals surface area (Å²) in [4.78, 5) is 13.3. The lowest BCUT2D eigenvalue weighted by Gasteiger charge is -2.06. The summed E-state index contributed by atoms with van der Waals surface area (Å²) in [5, 5.41) is 10.9. The van der Waals surface area contributed by atoms with Crippen LogP contribution in [0.1, 0.15) is 12.5 Å². The zero-order chi connectivity index (χ0) is 17.7. The molecule has 0 bridgehead atoms. The molecule has 4 aromatic rings. The molecular weight excluding hydrogens is 342 g/mol. The molecule has 0 saturated carbocycles. The van der Waals surface area contributed by atoms with Crippen LogP contribution in [0.25, 0.3) is 16.7 Å². The molecule has 4 rings (SSSR count). The Hall–Kier alpha value is -2.86. The summed E-state index contributed by atoms with van der Waals surface area (Å²) in [5.41, 5.74) is 4.02. The van der Waals surface area contributed by atoms with Gasteiger partial charge in [-0.1, -0.05) is 24.2 Å². The third-order valence-corrected chi connectivity index (χ3v) is 4.34. The molecule has 0 aliphatic carbocycles. The molecule has 1 N–H and O–H groups in total. The molecular formula is C18H16ClN3O3. The number of carbonyl (C=O) groups is 1. The van der Waals surface area contributed by atoms with Crippen LogP contribution >= 0.6 is 11.6 Å². The van der Waals surface area contributed by atoms with Crippen LogP contribution in [0.5, 0.6) is 5.75 Å². The summed E-state index contributed by atoms with van der Waals surface area (Å²) < 4.78 is 8.98. The molecule has 7 heteroatoms. The number of aromatic hydroxyl groups is 1. The number of nitrogens with zero attached hydrogens (tertiary/aromatic N) is 3. The predicted molar refractivity (Wildman–Crippen MR) is 95.0 cm³/mol. The van der Waals surface area contributed by atoms with Crippen LogP contribution in [-0.2, 0) is 16.0 Å². The number of aromatic nitrogens is 3. The molecule has 0 atom stereocenters. The minimum Gasteiger partial charge on any atom is -0.506 e. The van der Waals surface area contributed by atoms with Gasteiger partial charge in [-0.3, -0.25) is 0 Å². The zero-order valence-electron chi connectivity index (χ0n) is 13.6. The lowest BCUT2D eigenvalue weighted by molar-refractivity contribution is -0.138. The molecule has 0 aliphatic heterocycles. The third kappa shape index (κ3) is 2.55. The van der Waals surface area contributed by atoms with Crippen LogP contribution in [0, 0.1) is 0 Å². The first-order valence-electron chi connectivity index (χ1n) is 7.81. The number of fused-ring (bicyclic) bond motifs is 4. The van der Waals surface area contributed by atoms with Crippen LogP contribution in [0.4, 0.5) is 0 Å². The van der Waals surface area contributed by atoms with E-state index in [9.17, 15) is 9.90 Å². The van der Waals surface area contributed by atoms with E-state index >= 15 is 0 Å². The first kappa shape index (κ1) is 15.7. The monoisotopic (exact) mass is 357 g/mol. The number of hydrogen-bond donors (Lipinski definition) is 1. The fourth-order valence-corrected chi connectivity index (χ4v) is 2.96. The van der Waals surface area contributed by atoms with Crippen LogP contribution in [-0.4, -0.2) is 31.7 Å². The summed E-state index contributed by atoms with van der Waals surface area (Å²) in [5.74, 6) is -0.221. The summed E-state index contributed by atoms with van der Waals surface area (Å²) in [6.45, 7) is 5.43. The Bertz CT molecular complexity index is 1100. The van der Waals surface area contributed by atoms with Gasteiger partial charge in [0.15, 0.2) is 0 Å². The Balaban J connectivity index is 1.58. The SMILES string of the molecule is C=C(C)C(=O)OCCc1ccc(O)c(-n2n3c4ccc(Cl)cc4n23)c1. The third-order valence-electron chi connectivity index (χ3n) is 4.10. The van der Waals surface area contributed by atoms with Crippen molar-refractivity contribution in [1.82, 2.24) is 14.1 Å². The van der Waals surface area contributed by atoms with Gasteiger partial charge in [0.2, 0.25) is 0 Å². The van der Waals surface area contributed by atoms with Crippen molar-refractivity contribution in [3.05, 3.63) is 59.1 Å². The molecule has 128 valence electrons. The number of ether oxygens (including phenoxy) is 1. The molecule has 25 heavy (non-hydrogen) atoms. The Morgan fingerprint density at radius 3 is 2.72 bits per heavy atom. The Kier molecular flexibility index (Phi) is 3.51. The van der Waals surface area contributed by atoms with Crippen LogP contribution in [0.2, 0.25) is 5.02 Å². The number of phenolic OH excluding ortho intramolecular Hbond substituents is 1. The van der Waals surface area contributed by atoms with E-state index in [0.717, 1.165) is 16.6 Å². The fraction of sp³-hybridized carbons (Fsp3) is 0.167. The lowest BCUT2D eigenvalue weighted by Crippen LogP contribution is -2.08. The standard InChI is InChI=1S/C18H16ClN3O3/c1-11(2)18(24)25-8-7-12-3-6-17(23)16(9-12)22-20-14-5-4-13(19)10-15(14)21(20)22/h3-6,9-10,23H,1,7-8H2,2H3. The topological polar surface area (TPSA) is 60.3 Å². The van der Waals surface area contributed by atoms with Gasteiger partial charge in [-0.15, -0.1) is 14.1 Å². The molecule has 2 heterocycles. The average molecular weight is 358 g/mol. The van der Waals surface area contributed by atoms with Gasteiger partial charge in [0, 0.05) is 17.0 Å². The van der Waals surface area contributed by atoms with Gasteiger partial charge in [0.1, 0.15) is 22.5 Å². The van der Waals surface area contributed by atoms with Gasteiger partial charge in [-0.05, 0) is 42.8 Å². The molecule has 0 unspecified atom stereocenters. The summed E-state index contributed by atoms with van der Waals surface area (Å²) in [6, 6.07) is 11.0. The summed E-state index contributed by atoms with van der Waals surface area (Å²) in [7, 11) is 0. The van der Waals surface area contributed by atoms with E-state index in [1.807, 2.05) is 44.4 Å². The number of benzene rings is 2. The van der Waals surface area contributed by atoms with Crippen LogP contribution in [0.15, 0.2) is 48.6 Å². The first-order valence-corrected chi connectivity index (χ1v) is 8.19. The highest BCUT2D eigenvalue weighted by Gasteiger charge is 2.25. The number of halogens is 1. The molecule has 0 radical (unpaired) electrons. The number of esters is 1. The molecule has 0 spiro atoms.